The minimum atomic E-state index is -4.45. The summed E-state index contributed by atoms with van der Waals surface area (Å²) in [5, 5.41) is 0.582. The first kappa shape index (κ1) is 19.3. The predicted octanol–water partition coefficient (Wildman–Crippen LogP) is 4.33. The van der Waals surface area contributed by atoms with Gasteiger partial charge < -0.3 is 10.2 Å². The van der Waals surface area contributed by atoms with E-state index in [1.54, 1.807) is 19.1 Å². The highest BCUT2D eigenvalue weighted by atomic mass is 19.4. The molecule has 29 heavy (non-hydrogen) atoms. The fraction of sp³-hybridized carbons (Fsp3) is 0.261. The van der Waals surface area contributed by atoms with E-state index in [0.29, 0.717) is 27.9 Å². The van der Waals surface area contributed by atoms with Crippen LogP contribution >= 0.6 is 0 Å². The lowest BCUT2D eigenvalue weighted by molar-refractivity contribution is -0.194. The average Bonchev–Trinajstić information content (AvgIpc) is 3.12. The van der Waals surface area contributed by atoms with Crippen molar-refractivity contribution in [3.05, 3.63) is 70.4 Å². The molecule has 3 nitrogen and oxygen atoms in total. The molecular weight excluding hydrogens is 377 g/mol. The van der Waals surface area contributed by atoms with Crippen LogP contribution in [0.5, 0.6) is 0 Å². The number of rotatable bonds is 3. The number of nitrogen functional groups attached to an aromatic ring is 1. The van der Waals surface area contributed by atoms with Crippen molar-refractivity contribution in [1.29, 1.82) is 0 Å². The molecule has 6 heteroatoms. The van der Waals surface area contributed by atoms with Crippen molar-refractivity contribution in [3.63, 3.8) is 0 Å². The van der Waals surface area contributed by atoms with Crippen LogP contribution in [0.2, 0.25) is 0 Å². The molecule has 3 aromatic rings. The van der Waals surface area contributed by atoms with Crippen LogP contribution in [-0.2, 0) is 5.41 Å². The Labute approximate surface area is 166 Å². The molecule has 0 fully saturated rings. The van der Waals surface area contributed by atoms with Crippen molar-refractivity contribution in [2.24, 2.45) is 5.92 Å². The lowest BCUT2D eigenvalue weighted by atomic mass is 9.68. The van der Waals surface area contributed by atoms with Gasteiger partial charge in [-0.15, -0.1) is 0 Å². The third-order valence-electron chi connectivity index (χ3n) is 5.82. The van der Waals surface area contributed by atoms with Crippen LogP contribution in [0.1, 0.15) is 24.5 Å². The van der Waals surface area contributed by atoms with Gasteiger partial charge in [0.25, 0.3) is 0 Å². The lowest BCUT2D eigenvalue weighted by Gasteiger charge is -2.38. The zero-order valence-electron chi connectivity index (χ0n) is 16.1. The Kier molecular flexibility index (Phi) is 4.52. The SMILES string of the molecule is Cc1cc(C(C)(C2C=c3oc(-c4ccccc4)nc3=CC2)C(F)(F)F)ccc1N. The first-order chi connectivity index (χ1) is 13.7. The van der Waals surface area contributed by atoms with Crippen LogP contribution in [0, 0.1) is 12.8 Å². The van der Waals surface area contributed by atoms with Gasteiger partial charge in [0.05, 0.1) is 5.41 Å². The molecule has 0 amide bonds. The molecule has 2 unspecified atom stereocenters. The molecule has 1 heterocycles. The van der Waals surface area contributed by atoms with Crippen molar-refractivity contribution in [2.75, 3.05) is 5.73 Å². The van der Waals surface area contributed by atoms with Gasteiger partial charge in [0.2, 0.25) is 5.89 Å². The average molecular weight is 398 g/mol. The minimum Gasteiger partial charge on any atom is -0.436 e. The van der Waals surface area contributed by atoms with Gasteiger partial charge in [0, 0.05) is 17.2 Å². The molecule has 150 valence electrons. The van der Waals surface area contributed by atoms with Gasteiger partial charge in [-0.2, -0.15) is 13.2 Å². The standard InChI is InChI=1S/C23H21F3N2O/c1-14-12-16(8-10-18(14)27)22(2,23(24,25)26)17-9-11-19-20(13-17)29-21(28-19)15-6-4-3-5-7-15/h3-8,10-13,17H,9,27H2,1-2H3. The number of fused-ring (bicyclic) bond motifs is 1. The molecule has 0 saturated heterocycles. The second-order valence-corrected chi connectivity index (χ2v) is 7.62. The Morgan fingerprint density at radius 3 is 2.48 bits per heavy atom. The molecule has 0 aliphatic heterocycles. The minimum absolute atomic E-state index is 0.192. The summed E-state index contributed by atoms with van der Waals surface area (Å²) in [7, 11) is 0. The normalized spacial score (nSPS) is 18.3. The Bertz CT molecular complexity index is 1170. The number of oxazole rings is 1. The van der Waals surface area contributed by atoms with Crippen LogP contribution in [0.25, 0.3) is 23.6 Å². The van der Waals surface area contributed by atoms with Crippen molar-refractivity contribution in [2.45, 2.75) is 31.9 Å². The highest BCUT2D eigenvalue weighted by Crippen LogP contribution is 2.49. The zero-order chi connectivity index (χ0) is 20.8. The van der Waals surface area contributed by atoms with E-state index in [2.05, 4.69) is 4.98 Å². The molecule has 4 rings (SSSR count). The van der Waals surface area contributed by atoms with Gasteiger partial charge in [0.15, 0.2) is 5.42 Å². The Morgan fingerprint density at radius 2 is 1.83 bits per heavy atom. The second-order valence-electron chi connectivity index (χ2n) is 7.62. The fourth-order valence-electron chi connectivity index (χ4n) is 3.79. The second kappa shape index (κ2) is 6.79. The summed E-state index contributed by atoms with van der Waals surface area (Å²) in [5.41, 5.74) is 6.20. The Hall–Kier alpha value is -3.02. The molecule has 2 N–H and O–H groups in total. The van der Waals surface area contributed by atoms with Crippen LogP contribution in [0.15, 0.2) is 52.9 Å². The topological polar surface area (TPSA) is 52.0 Å². The van der Waals surface area contributed by atoms with Crippen molar-refractivity contribution >= 4 is 17.8 Å². The maximum absolute atomic E-state index is 14.3. The smallest absolute Gasteiger partial charge is 0.398 e. The highest BCUT2D eigenvalue weighted by molar-refractivity contribution is 5.55. The summed E-state index contributed by atoms with van der Waals surface area (Å²) < 4.78 is 48.8. The van der Waals surface area contributed by atoms with Gasteiger partial charge in [-0.25, -0.2) is 4.98 Å². The Balaban J connectivity index is 1.82. The van der Waals surface area contributed by atoms with E-state index in [0.717, 1.165) is 5.56 Å². The number of nitrogens with two attached hydrogens (primary N) is 1. The number of nitrogens with zero attached hydrogens (tertiary/aromatic N) is 1. The number of hydrogen-bond acceptors (Lipinski definition) is 3. The molecule has 0 saturated carbocycles. The van der Waals surface area contributed by atoms with E-state index in [1.807, 2.05) is 30.3 Å². The van der Waals surface area contributed by atoms with E-state index >= 15 is 0 Å². The molecule has 1 aliphatic carbocycles. The molecule has 2 atom stereocenters. The van der Waals surface area contributed by atoms with Gasteiger partial charge in [-0.1, -0.05) is 36.4 Å². The molecular formula is C23H21F3N2O. The van der Waals surface area contributed by atoms with Gasteiger partial charge in [-0.05, 0) is 55.7 Å². The molecule has 0 bridgehead atoms. The summed E-state index contributed by atoms with van der Waals surface area (Å²) in [4.78, 5) is 4.45. The van der Waals surface area contributed by atoms with Crippen LogP contribution in [-0.4, -0.2) is 11.2 Å². The van der Waals surface area contributed by atoms with Crippen molar-refractivity contribution < 1.29 is 17.6 Å². The molecule has 1 aromatic heterocycles. The Morgan fingerprint density at radius 1 is 1.10 bits per heavy atom. The van der Waals surface area contributed by atoms with Crippen molar-refractivity contribution in [3.8, 4) is 11.5 Å². The van der Waals surface area contributed by atoms with Crippen LogP contribution < -0.4 is 16.5 Å². The molecule has 2 aromatic carbocycles. The summed E-state index contributed by atoms with van der Waals surface area (Å²) in [6, 6.07) is 13.8. The number of hydrogen-bond donors (Lipinski definition) is 1. The number of anilines is 1. The maximum Gasteiger partial charge on any atom is 0.398 e. The summed E-state index contributed by atoms with van der Waals surface area (Å²) >= 11 is 0. The largest absolute Gasteiger partial charge is 0.436 e. The lowest BCUT2D eigenvalue weighted by Crippen LogP contribution is -2.47. The number of aryl methyl sites for hydroxylation is 1. The van der Waals surface area contributed by atoms with Gasteiger partial charge >= 0.3 is 6.18 Å². The number of aromatic nitrogens is 1. The monoisotopic (exact) mass is 398 g/mol. The highest BCUT2D eigenvalue weighted by Gasteiger charge is 2.56. The number of alkyl halides is 3. The van der Waals surface area contributed by atoms with Crippen LogP contribution in [0.4, 0.5) is 18.9 Å². The molecule has 0 spiro atoms. The molecule has 0 radical (unpaired) electrons. The van der Waals surface area contributed by atoms with E-state index < -0.39 is 17.5 Å². The quantitative estimate of drug-likeness (QED) is 0.668. The first-order valence-electron chi connectivity index (χ1n) is 9.38. The molecule has 1 aliphatic rings. The third-order valence-corrected chi connectivity index (χ3v) is 5.82. The van der Waals surface area contributed by atoms with Gasteiger partial charge in [-0.3, -0.25) is 0 Å². The van der Waals surface area contributed by atoms with E-state index in [4.69, 9.17) is 10.2 Å². The first-order valence-corrected chi connectivity index (χ1v) is 9.38. The number of halogens is 3. The summed E-state index contributed by atoms with van der Waals surface area (Å²) in [6.07, 6.45) is -0.949. The van der Waals surface area contributed by atoms with Crippen LogP contribution in [0.3, 0.4) is 0 Å². The van der Waals surface area contributed by atoms with E-state index in [9.17, 15) is 13.2 Å². The van der Waals surface area contributed by atoms with Gasteiger partial charge in [0.1, 0.15) is 5.35 Å². The maximum atomic E-state index is 14.3. The third kappa shape index (κ3) is 3.22. The summed E-state index contributed by atoms with van der Waals surface area (Å²) in [6.45, 7) is 2.96. The fourth-order valence-corrected chi connectivity index (χ4v) is 3.79. The van der Waals surface area contributed by atoms with E-state index in [1.165, 1.54) is 25.1 Å². The predicted molar refractivity (Wildman–Crippen MR) is 107 cm³/mol. The number of benzene rings is 2. The zero-order valence-corrected chi connectivity index (χ0v) is 16.1. The summed E-state index contributed by atoms with van der Waals surface area (Å²) in [5.74, 6) is -0.421. The van der Waals surface area contributed by atoms with E-state index in [-0.39, 0.29) is 12.0 Å². The van der Waals surface area contributed by atoms with Crippen molar-refractivity contribution in [1.82, 2.24) is 4.98 Å².